The largest absolute Gasteiger partial charge is 0.418 e. The molecular weight excluding hydrogens is 319 g/mol. The van der Waals surface area contributed by atoms with E-state index in [1.807, 2.05) is 13.8 Å². The lowest BCUT2D eigenvalue weighted by atomic mass is 10.1. The van der Waals surface area contributed by atoms with Crippen molar-refractivity contribution in [3.8, 4) is 0 Å². The van der Waals surface area contributed by atoms with Crippen LogP contribution in [0.2, 0.25) is 0 Å². The highest BCUT2D eigenvalue weighted by molar-refractivity contribution is 6.29. The van der Waals surface area contributed by atoms with Crippen molar-refractivity contribution in [2.45, 2.75) is 26.9 Å². The second kappa shape index (κ2) is 7.83. The number of ether oxygens (including phenoxy) is 1. The van der Waals surface area contributed by atoms with E-state index >= 15 is 0 Å². The number of carbonyl (C=O) groups is 1. The summed E-state index contributed by atoms with van der Waals surface area (Å²) in [5.41, 5.74) is -0.745. The van der Waals surface area contributed by atoms with Gasteiger partial charge in [0.15, 0.2) is 0 Å². The van der Waals surface area contributed by atoms with Gasteiger partial charge in [0.1, 0.15) is 12.6 Å². The molecule has 1 aromatic rings. The van der Waals surface area contributed by atoms with Crippen LogP contribution in [0, 0.1) is 12.8 Å². The molecule has 124 valence electrons. The van der Waals surface area contributed by atoms with Crippen molar-refractivity contribution in [2.75, 3.05) is 24.1 Å². The first-order valence-electron chi connectivity index (χ1n) is 6.79. The maximum Gasteiger partial charge on any atom is 0.418 e. The highest BCUT2D eigenvalue weighted by Gasteiger charge is 2.36. The van der Waals surface area contributed by atoms with Gasteiger partial charge < -0.3 is 4.74 Å². The van der Waals surface area contributed by atoms with Crippen molar-refractivity contribution >= 4 is 23.2 Å². The van der Waals surface area contributed by atoms with Crippen LogP contribution in [0.3, 0.4) is 0 Å². The van der Waals surface area contributed by atoms with Crippen LogP contribution in [0.25, 0.3) is 0 Å². The van der Waals surface area contributed by atoms with E-state index in [0.717, 1.165) is 11.0 Å². The predicted octanol–water partition coefficient (Wildman–Crippen LogP) is 4.22. The summed E-state index contributed by atoms with van der Waals surface area (Å²) in [7, 11) is 0. The number of carbonyl (C=O) groups excluding carboxylic acids is 1. The van der Waals surface area contributed by atoms with Crippen molar-refractivity contribution < 1.29 is 22.7 Å². The minimum absolute atomic E-state index is 0.201. The van der Waals surface area contributed by atoms with E-state index in [9.17, 15) is 18.0 Å². The molecule has 0 aliphatic heterocycles. The number of aryl methyl sites for hydroxylation is 1. The van der Waals surface area contributed by atoms with E-state index < -0.39 is 23.5 Å². The first kappa shape index (κ1) is 18.8. The van der Waals surface area contributed by atoms with Crippen LogP contribution in [0.5, 0.6) is 0 Å². The number of benzene rings is 1. The predicted molar refractivity (Wildman–Crippen MR) is 80.0 cm³/mol. The maximum absolute atomic E-state index is 13.2. The van der Waals surface area contributed by atoms with Crippen molar-refractivity contribution in [1.82, 2.24) is 0 Å². The highest BCUT2D eigenvalue weighted by atomic mass is 35.5. The summed E-state index contributed by atoms with van der Waals surface area (Å²) in [4.78, 5) is 12.9. The molecule has 3 nitrogen and oxygen atoms in total. The van der Waals surface area contributed by atoms with Gasteiger partial charge in [-0.2, -0.15) is 13.2 Å². The third-order valence-corrected chi connectivity index (χ3v) is 3.13. The van der Waals surface area contributed by atoms with Gasteiger partial charge in [-0.25, -0.2) is 0 Å². The molecule has 0 aromatic heterocycles. The number of hydrogen-bond donors (Lipinski definition) is 0. The second-order valence-electron chi connectivity index (χ2n) is 5.32. The zero-order chi connectivity index (χ0) is 16.9. The number of alkyl halides is 4. The number of hydrogen-bond acceptors (Lipinski definition) is 2. The second-order valence-corrected chi connectivity index (χ2v) is 5.59. The molecule has 7 heteroatoms. The number of halogens is 4. The Morgan fingerprint density at radius 2 is 2.00 bits per heavy atom. The maximum atomic E-state index is 13.2. The molecule has 0 atom stereocenters. The molecule has 0 aliphatic rings. The summed E-state index contributed by atoms with van der Waals surface area (Å²) in [6.07, 6.45) is -4.57. The van der Waals surface area contributed by atoms with Crippen LogP contribution in [-0.4, -0.2) is 25.1 Å². The van der Waals surface area contributed by atoms with Crippen LogP contribution >= 0.6 is 11.6 Å². The summed E-state index contributed by atoms with van der Waals surface area (Å²) in [5, 5.41) is 0. The molecule has 1 rings (SSSR count). The number of anilines is 1. The monoisotopic (exact) mass is 337 g/mol. The van der Waals surface area contributed by atoms with Crippen LogP contribution in [0.15, 0.2) is 18.2 Å². The zero-order valence-corrected chi connectivity index (χ0v) is 13.5. The first-order valence-corrected chi connectivity index (χ1v) is 7.32. The summed E-state index contributed by atoms with van der Waals surface area (Å²) in [6, 6.07) is 3.76. The molecule has 0 N–H and O–H groups in total. The lowest BCUT2D eigenvalue weighted by Crippen LogP contribution is -2.36. The number of para-hydroxylation sites is 1. The fraction of sp³-hybridized carbons (Fsp3) is 0.533. The van der Waals surface area contributed by atoms with Crippen molar-refractivity contribution in [2.24, 2.45) is 5.92 Å². The molecule has 1 amide bonds. The standard InChI is InChI=1S/C15H19ClF3NO2/c1-10(2)8-22-9-20(13(21)7-16)14-11(3)5-4-6-12(14)15(17,18)19/h4-6,10H,7-9H2,1-3H3. The van der Waals surface area contributed by atoms with Gasteiger partial charge in [0, 0.05) is 0 Å². The van der Waals surface area contributed by atoms with Crippen molar-refractivity contribution in [3.05, 3.63) is 29.3 Å². The minimum Gasteiger partial charge on any atom is -0.360 e. The average molecular weight is 338 g/mol. The summed E-state index contributed by atoms with van der Waals surface area (Å²) in [5.74, 6) is -0.853. The molecule has 0 radical (unpaired) electrons. The quantitative estimate of drug-likeness (QED) is 0.574. The Bertz CT molecular complexity index is 518. The topological polar surface area (TPSA) is 29.5 Å². The van der Waals surface area contributed by atoms with E-state index in [2.05, 4.69) is 0 Å². The summed E-state index contributed by atoms with van der Waals surface area (Å²) >= 11 is 5.53. The van der Waals surface area contributed by atoms with Gasteiger partial charge >= 0.3 is 6.18 Å². The molecule has 0 aliphatic carbocycles. The molecular formula is C15H19ClF3NO2. The van der Waals surface area contributed by atoms with Crippen molar-refractivity contribution in [1.29, 1.82) is 0 Å². The summed E-state index contributed by atoms with van der Waals surface area (Å²) in [6.45, 7) is 5.39. The zero-order valence-electron chi connectivity index (χ0n) is 12.7. The molecule has 0 spiro atoms. The Hall–Kier alpha value is -1.27. The fourth-order valence-electron chi connectivity index (χ4n) is 1.96. The Balaban J connectivity index is 3.21. The summed E-state index contributed by atoms with van der Waals surface area (Å²) < 4.78 is 44.9. The van der Waals surface area contributed by atoms with Gasteiger partial charge in [-0.1, -0.05) is 26.0 Å². The van der Waals surface area contributed by atoms with Gasteiger partial charge in [0.2, 0.25) is 5.91 Å². The van der Waals surface area contributed by atoms with Crippen molar-refractivity contribution in [3.63, 3.8) is 0 Å². The Labute approximate surface area is 133 Å². The molecule has 0 heterocycles. The SMILES string of the molecule is Cc1cccc(C(F)(F)F)c1N(COCC(C)C)C(=O)CCl. The highest BCUT2D eigenvalue weighted by Crippen LogP contribution is 2.38. The van der Waals surface area contributed by atoms with E-state index in [0.29, 0.717) is 12.2 Å². The molecule has 0 saturated carbocycles. The third-order valence-electron chi connectivity index (χ3n) is 2.90. The van der Waals surface area contributed by atoms with Crippen LogP contribution < -0.4 is 4.90 Å². The van der Waals surface area contributed by atoms with E-state index in [-0.39, 0.29) is 18.3 Å². The van der Waals surface area contributed by atoms with Crippen LogP contribution in [0.1, 0.15) is 25.0 Å². The first-order chi connectivity index (χ1) is 10.2. The molecule has 0 fully saturated rings. The number of nitrogens with zero attached hydrogens (tertiary/aromatic N) is 1. The number of amides is 1. The Morgan fingerprint density at radius 1 is 1.36 bits per heavy atom. The van der Waals surface area contributed by atoms with Crippen LogP contribution in [-0.2, 0) is 15.7 Å². The van der Waals surface area contributed by atoms with E-state index in [4.69, 9.17) is 16.3 Å². The Morgan fingerprint density at radius 3 is 2.50 bits per heavy atom. The van der Waals surface area contributed by atoms with Gasteiger partial charge in [-0.05, 0) is 24.5 Å². The minimum atomic E-state index is -4.57. The third kappa shape index (κ3) is 4.88. The smallest absolute Gasteiger partial charge is 0.360 e. The number of rotatable bonds is 6. The fourth-order valence-corrected chi connectivity index (χ4v) is 2.10. The average Bonchev–Trinajstić information content (AvgIpc) is 2.42. The lowest BCUT2D eigenvalue weighted by molar-refractivity contribution is -0.137. The van der Waals surface area contributed by atoms with Gasteiger partial charge in [0.05, 0.1) is 17.9 Å². The van der Waals surface area contributed by atoms with Gasteiger partial charge in [-0.15, -0.1) is 11.6 Å². The van der Waals surface area contributed by atoms with Crippen LogP contribution in [0.4, 0.5) is 18.9 Å². The van der Waals surface area contributed by atoms with Gasteiger partial charge in [-0.3, -0.25) is 9.69 Å². The lowest BCUT2D eigenvalue weighted by Gasteiger charge is -2.27. The Kier molecular flexibility index (Phi) is 6.68. The molecule has 0 unspecified atom stereocenters. The van der Waals surface area contributed by atoms with E-state index in [1.54, 1.807) is 0 Å². The van der Waals surface area contributed by atoms with Gasteiger partial charge in [0.25, 0.3) is 0 Å². The normalized spacial score (nSPS) is 11.8. The molecule has 0 saturated heterocycles. The molecule has 0 bridgehead atoms. The van der Waals surface area contributed by atoms with E-state index in [1.165, 1.54) is 19.1 Å². The molecule has 1 aromatic carbocycles. The molecule has 22 heavy (non-hydrogen) atoms.